The maximum Gasteiger partial charge on any atom is 0.0714 e. The van der Waals surface area contributed by atoms with E-state index in [-0.39, 0.29) is 0 Å². The van der Waals surface area contributed by atoms with Crippen molar-refractivity contribution in [1.29, 1.82) is 0 Å². The highest BCUT2D eigenvalue weighted by atomic mass is 15.1. The third-order valence-electron chi connectivity index (χ3n) is 14.1. The van der Waals surface area contributed by atoms with Crippen molar-refractivity contribution in [2.24, 2.45) is 0 Å². The van der Waals surface area contributed by atoms with E-state index in [1.54, 1.807) is 5.56 Å². The van der Waals surface area contributed by atoms with Crippen LogP contribution in [0, 0.1) is 0 Å². The van der Waals surface area contributed by atoms with Crippen molar-refractivity contribution in [2.45, 2.75) is 76.5 Å². The van der Waals surface area contributed by atoms with Gasteiger partial charge in [-0.05, 0) is 172 Å². The molecule has 8 aromatic rings. The Morgan fingerprint density at radius 2 is 0.934 bits per heavy atom. The van der Waals surface area contributed by atoms with Crippen molar-refractivity contribution in [2.75, 3.05) is 4.90 Å². The van der Waals surface area contributed by atoms with Crippen LogP contribution in [0.4, 0.5) is 17.1 Å². The Morgan fingerprint density at radius 3 is 1.59 bits per heavy atom. The Hall–Kier alpha value is -6.44. The molecule has 0 heterocycles. The number of fused-ring (bicyclic) bond motifs is 5. The molecule has 0 aliphatic heterocycles. The molecule has 0 amide bonds. The first-order valence-corrected chi connectivity index (χ1v) is 22.7. The molecule has 11 rings (SSSR count). The van der Waals surface area contributed by atoms with Crippen LogP contribution < -0.4 is 4.90 Å². The number of aryl methyl sites for hydroxylation is 4. The van der Waals surface area contributed by atoms with Crippen LogP contribution in [0.1, 0.15) is 95.5 Å². The van der Waals surface area contributed by atoms with E-state index in [4.69, 9.17) is 0 Å². The molecule has 1 heteroatoms. The van der Waals surface area contributed by atoms with Crippen molar-refractivity contribution in [1.82, 2.24) is 0 Å². The van der Waals surface area contributed by atoms with Crippen LogP contribution in [-0.4, -0.2) is 0 Å². The summed E-state index contributed by atoms with van der Waals surface area (Å²) < 4.78 is 0. The minimum absolute atomic E-state index is 0.366. The van der Waals surface area contributed by atoms with E-state index in [0.717, 1.165) is 19.3 Å². The number of anilines is 3. The van der Waals surface area contributed by atoms with Gasteiger partial charge in [-0.1, -0.05) is 159 Å². The lowest BCUT2D eigenvalue weighted by molar-refractivity contribution is 0.683. The van der Waals surface area contributed by atoms with Gasteiger partial charge in [0.1, 0.15) is 0 Å². The molecule has 0 bridgehead atoms. The van der Waals surface area contributed by atoms with Crippen LogP contribution in [0.15, 0.2) is 182 Å². The number of hydrogen-bond acceptors (Lipinski definition) is 1. The lowest BCUT2D eigenvalue weighted by atomic mass is 9.67. The maximum atomic E-state index is 2.61. The molecule has 8 aromatic carbocycles. The summed E-state index contributed by atoms with van der Waals surface area (Å²) in [4.78, 5) is 2.60. The SMILES string of the molecule is CC(C)c1cc2c(cc1-c1cc3c(cc1N(c1ccc(-c4ccccc4)cc1)c1ccc4c(c1)CCCC4)C(c1ccccc1)(c1ccccc1)c1ccccc1-3)CCCC2. The second-order valence-electron chi connectivity index (χ2n) is 17.9. The second kappa shape index (κ2) is 15.5. The normalized spacial score (nSPS) is 14.8. The van der Waals surface area contributed by atoms with Crippen molar-refractivity contribution >= 4 is 17.1 Å². The standard InChI is InChI=1S/C60H53N/c1-41(2)53-37-46-22-14-15-23-47(46)38-54(53)56-39-55-52-28-16-17-29-57(52)60(48-24-8-4-9-25-48,49-26-10-5-11-27-49)58(55)40-59(56)61(51-35-32-43-20-12-13-21-45(43)36-51)50-33-30-44(31-34-50)42-18-6-3-7-19-42/h3-11,16-19,24-41H,12-15,20-23H2,1-2H3. The van der Waals surface area contributed by atoms with Gasteiger partial charge in [0.15, 0.2) is 0 Å². The van der Waals surface area contributed by atoms with Gasteiger partial charge in [0.05, 0.1) is 11.1 Å². The number of hydrogen-bond donors (Lipinski definition) is 0. The van der Waals surface area contributed by atoms with Gasteiger partial charge in [-0.25, -0.2) is 0 Å². The Morgan fingerprint density at radius 1 is 0.393 bits per heavy atom. The molecular formula is C60H53N. The number of nitrogens with zero attached hydrogens (tertiary/aromatic N) is 1. The van der Waals surface area contributed by atoms with Gasteiger partial charge in [-0.3, -0.25) is 0 Å². The molecule has 0 N–H and O–H groups in total. The Balaban J connectivity index is 1.26. The first-order valence-electron chi connectivity index (χ1n) is 22.7. The Bertz CT molecular complexity index is 2830. The first-order chi connectivity index (χ1) is 30.1. The van der Waals surface area contributed by atoms with Crippen molar-refractivity contribution < 1.29 is 0 Å². The Kier molecular flexibility index (Phi) is 9.57. The topological polar surface area (TPSA) is 3.24 Å². The van der Waals surface area contributed by atoms with Crippen LogP contribution in [0.3, 0.4) is 0 Å². The van der Waals surface area contributed by atoms with Gasteiger partial charge in [0, 0.05) is 16.9 Å². The van der Waals surface area contributed by atoms with Crippen LogP contribution >= 0.6 is 0 Å². The molecule has 298 valence electrons. The fourth-order valence-corrected chi connectivity index (χ4v) is 11.1. The molecule has 0 radical (unpaired) electrons. The van der Waals surface area contributed by atoms with E-state index in [0.29, 0.717) is 5.92 Å². The molecule has 0 fully saturated rings. The highest BCUT2D eigenvalue weighted by molar-refractivity contribution is 5.97. The van der Waals surface area contributed by atoms with E-state index < -0.39 is 5.41 Å². The largest absolute Gasteiger partial charge is 0.310 e. The summed E-state index contributed by atoms with van der Waals surface area (Å²) in [5.74, 6) is 0.366. The predicted molar refractivity (Wildman–Crippen MR) is 257 cm³/mol. The third kappa shape index (κ3) is 6.37. The highest BCUT2D eigenvalue weighted by Crippen LogP contribution is 2.59. The smallest absolute Gasteiger partial charge is 0.0714 e. The minimum Gasteiger partial charge on any atom is -0.310 e. The zero-order valence-corrected chi connectivity index (χ0v) is 35.5. The molecule has 0 saturated heterocycles. The predicted octanol–water partition coefficient (Wildman–Crippen LogP) is 15.7. The average molecular weight is 788 g/mol. The number of benzene rings is 8. The summed E-state index contributed by atoms with van der Waals surface area (Å²) in [6, 6.07) is 69.6. The molecule has 3 aliphatic carbocycles. The van der Waals surface area contributed by atoms with Crippen molar-refractivity contribution in [3.8, 4) is 33.4 Å². The molecule has 0 atom stereocenters. The average Bonchev–Trinajstić information content (AvgIpc) is 3.62. The van der Waals surface area contributed by atoms with Gasteiger partial charge >= 0.3 is 0 Å². The molecule has 1 nitrogen and oxygen atoms in total. The highest BCUT2D eigenvalue weighted by Gasteiger charge is 2.47. The van der Waals surface area contributed by atoms with Gasteiger partial charge in [0.25, 0.3) is 0 Å². The molecule has 0 aromatic heterocycles. The molecular weight excluding hydrogens is 735 g/mol. The van der Waals surface area contributed by atoms with Gasteiger partial charge < -0.3 is 4.90 Å². The monoisotopic (exact) mass is 787 g/mol. The minimum atomic E-state index is -0.517. The zero-order valence-electron chi connectivity index (χ0n) is 35.5. The number of rotatable bonds is 8. The van der Waals surface area contributed by atoms with E-state index in [9.17, 15) is 0 Å². The zero-order chi connectivity index (χ0) is 40.9. The lowest BCUT2D eigenvalue weighted by Gasteiger charge is -2.36. The first kappa shape index (κ1) is 37.6. The summed E-state index contributed by atoms with van der Waals surface area (Å²) in [5, 5.41) is 0. The van der Waals surface area contributed by atoms with Crippen molar-refractivity contribution in [3.05, 3.63) is 232 Å². The van der Waals surface area contributed by atoms with Gasteiger partial charge in [0.2, 0.25) is 0 Å². The van der Waals surface area contributed by atoms with Gasteiger partial charge in [-0.15, -0.1) is 0 Å². The van der Waals surface area contributed by atoms with E-state index in [2.05, 4.69) is 201 Å². The molecule has 0 spiro atoms. The molecule has 0 saturated carbocycles. The second-order valence-corrected chi connectivity index (χ2v) is 17.9. The van der Waals surface area contributed by atoms with Gasteiger partial charge in [-0.2, -0.15) is 0 Å². The Labute approximate surface area is 362 Å². The fraction of sp³-hybridized carbons (Fsp3) is 0.200. The van der Waals surface area contributed by atoms with Crippen molar-refractivity contribution in [3.63, 3.8) is 0 Å². The van der Waals surface area contributed by atoms with E-state index in [1.165, 1.54) is 127 Å². The third-order valence-corrected chi connectivity index (χ3v) is 14.1. The summed E-state index contributed by atoms with van der Waals surface area (Å²) in [7, 11) is 0. The van der Waals surface area contributed by atoms with Crippen LogP contribution in [-0.2, 0) is 31.1 Å². The summed E-state index contributed by atoms with van der Waals surface area (Å²) in [6.45, 7) is 4.77. The quantitative estimate of drug-likeness (QED) is 0.148. The van der Waals surface area contributed by atoms with Crippen LogP contribution in [0.25, 0.3) is 33.4 Å². The summed E-state index contributed by atoms with van der Waals surface area (Å²) in [5.41, 5.74) is 23.6. The summed E-state index contributed by atoms with van der Waals surface area (Å²) >= 11 is 0. The summed E-state index contributed by atoms with van der Waals surface area (Å²) in [6.07, 6.45) is 9.64. The molecule has 61 heavy (non-hydrogen) atoms. The van der Waals surface area contributed by atoms with Crippen LogP contribution in [0.2, 0.25) is 0 Å². The maximum absolute atomic E-state index is 2.61. The molecule has 3 aliphatic rings. The fourth-order valence-electron chi connectivity index (χ4n) is 11.1. The van der Waals surface area contributed by atoms with E-state index >= 15 is 0 Å². The lowest BCUT2D eigenvalue weighted by Crippen LogP contribution is -2.28. The van der Waals surface area contributed by atoms with Crippen LogP contribution in [0.5, 0.6) is 0 Å². The van der Waals surface area contributed by atoms with E-state index in [1.807, 2.05) is 0 Å². The molecule has 0 unspecified atom stereocenters.